The highest BCUT2D eigenvalue weighted by Gasteiger charge is 2.46. The van der Waals surface area contributed by atoms with Crippen LogP contribution in [0.15, 0.2) is 0 Å². The van der Waals surface area contributed by atoms with Crippen molar-refractivity contribution in [3.63, 3.8) is 0 Å². The average molecular weight is 356 g/mol. The number of hydrogen-bond donors (Lipinski definition) is 2. The summed E-state index contributed by atoms with van der Waals surface area (Å²) in [6.07, 6.45) is -4.79. The fraction of sp³-hybridized carbons (Fsp3) is 0.462. The summed E-state index contributed by atoms with van der Waals surface area (Å²) in [6.45, 7) is 2.82. The summed E-state index contributed by atoms with van der Waals surface area (Å²) in [5, 5.41) is 0. The lowest BCUT2D eigenvalue weighted by Gasteiger charge is -2.27. The van der Waals surface area contributed by atoms with E-state index in [0.29, 0.717) is 12.4 Å². The lowest BCUT2D eigenvalue weighted by atomic mass is 10.0. The van der Waals surface area contributed by atoms with Crippen LogP contribution in [0.1, 0.15) is 20.8 Å². The first-order chi connectivity index (χ1) is 11.6. The molecule has 2 N–H and O–H groups in total. The Balaban J connectivity index is 6.17. The smallest absolute Gasteiger partial charge is 0.376 e. The molecule has 12 heteroatoms. The van der Waals surface area contributed by atoms with Gasteiger partial charge in [-0.2, -0.15) is 0 Å². The monoisotopic (exact) mass is 356 g/mol. The van der Waals surface area contributed by atoms with Crippen molar-refractivity contribution >= 4 is 41.9 Å². The van der Waals surface area contributed by atoms with Gasteiger partial charge in [0.25, 0.3) is 11.6 Å². The molecule has 0 aromatic heterocycles. The summed E-state index contributed by atoms with van der Waals surface area (Å²) >= 11 is 0. The summed E-state index contributed by atoms with van der Waals surface area (Å²) < 4.78 is 14.3. The molecule has 0 rings (SSSR count). The molecule has 134 valence electrons. The van der Waals surface area contributed by atoms with Gasteiger partial charge in [-0.1, -0.05) is 0 Å². The maximum atomic E-state index is 12.0. The molecular formula is C13H16N4O8+2. The number of carbonyl (C=O) groups is 5. The SMILES string of the molecule is CC(=O)OC(C(=O)C=[N+]=N)C(OC(C)=O)C(OC(C)=O)C(=O)C=[N+]=N. The molecule has 0 amide bonds. The van der Waals surface area contributed by atoms with Gasteiger partial charge in [0.1, 0.15) is 0 Å². The molecule has 0 fully saturated rings. The van der Waals surface area contributed by atoms with Crippen LogP contribution >= 0.6 is 0 Å². The highest BCUT2D eigenvalue weighted by Crippen LogP contribution is 2.15. The van der Waals surface area contributed by atoms with Crippen LogP contribution in [0, 0.1) is 11.1 Å². The molecule has 2 atom stereocenters. The second-order valence-corrected chi connectivity index (χ2v) is 4.46. The minimum absolute atomic E-state index is 0.456. The summed E-state index contributed by atoms with van der Waals surface area (Å²) in [7, 11) is 0. The summed E-state index contributed by atoms with van der Waals surface area (Å²) in [5.74, 6) is -5.12. The predicted octanol–water partition coefficient (Wildman–Crippen LogP) is -1.46. The van der Waals surface area contributed by atoms with Crippen LogP contribution in [0.5, 0.6) is 0 Å². The van der Waals surface area contributed by atoms with E-state index in [9.17, 15) is 24.0 Å². The Hall–Kier alpha value is -3.49. The van der Waals surface area contributed by atoms with Gasteiger partial charge in [0.15, 0.2) is 6.10 Å². The molecule has 0 saturated heterocycles. The highest BCUT2D eigenvalue weighted by molar-refractivity contribution is 6.30. The third-order valence-electron chi connectivity index (χ3n) is 2.43. The van der Waals surface area contributed by atoms with Crippen LogP contribution in [0.4, 0.5) is 0 Å². The normalized spacial score (nSPS) is 12.9. The molecule has 0 saturated carbocycles. The van der Waals surface area contributed by atoms with Crippen molar-refractivity contribution in [2.24, 2.45) is 0 Å². The number of ether oxygens (including phenoxy) is 3. The zero-order valence-corrected chi connectivity index (χ0v) is 13.5. The van der Waals surface area contributed by atoms with Gasteiger partial charge in [0.2, 0.25) is 12.2 Å². The lowest BCUT2D eigenvalue weighted by molar-refractivity contribution is -0.186. The van der Waals surface area contributed by atoms with E-state index in [1.807, 2.05) is 0 Å². The van der Waals surface area contributed by atoms with E-state index in [2.05, 4.69) is 9.58 Å². The topological polar surface area (TPSA) is 189 Å². The average Bonchev–Trinajstić information content (AvgIpc) is 2.48. The standard InChI is InChI=1S/C13H16N4O8/c1-6(18)23-11(9(21)4-16-14)13(25-8(3)20)12(24-7(2)19)10(22)5-17-15/h4-5,11-15H,1-3H3/q+2. The first-order valence-corrected chi connectivity index (χ1v) is 6.63. The van der Waals surface area contributed by atoms with Crippen molar-refractivity contribution in [1.29, 1.82) is 11.1 Å². The Labute approximate surface area is 140 Å². The van der Waals surface area contributed by atoms with Crippen LogP contribution in [0.25, 0.3) is 0 Å². The molecule has 2 unspecified atom stereocenters. The van der Waals surface area contributed by atoms with Crippen LogP contribution in [0.2, 0.25) is 0 Å². The number of nitrogens with one attached hydrogen (secondary N) is 2. The number of nitrogens with zero attached hydrogens (tertiary/aromatic N) is 2. The van der Waals surface area contributed by atoms with E-state index in [1.54, 1.807) is 0 Å². The van der Waals surface area contributed by atoms with Gasteiger partial charge in [0, 0.05) is 20.8 Å². The van der Waals surface area contributed by atoms with E-state index in [4.69, 9.17) is 25.3 Å². The summed E-state index contributed by atoms with van der Waals surface area (Å²) in [4.78, 5) is 63.3. The molecule has 0 aromatic rings. The minimum Gasteiger partial charge on any atom is -0.454 e. The molecule has 0 heterocycles. The van der Waals surface area contributed by atoms with E-state index >= 15 is 0 Å². The maximum Gasteiger partial charge on any atom is 0.376 e. The Morgan fingerprint density at radius 1 is 0.720 bits per heavy atom. The molecule has 0 bridgehead atoms. The number of ketones is 2. The first kappa shape index (κ1) is 21.5. The van der Waals surface area contributed by atoms with Gasteiger partial charge in [-0.3, -0.25) is 24.0 Å². The summed E-state index contributed by atoms with van der Waals surface area (Å²) in [6, 6.07) is 0. The fourth-order valence-corrected chi connectivity index (χ4v) is 1.68. The number of hydrogen-bond acceptors (Lipinski definition) is 10. The minimum atomic E-state index is -1.91. The van der Waals surface area contributed by atoms with Gasteiger partial charge in [-0.25, -0.2) is 0 Å². The van der Waals surface area contributed by atoms with E-state index < -0.39 is 47.8 Å². The molecule has 0 radical (unpaired) electrons. The molecule has 0 aliphatic heterocycles. The molecular weight excluding hydrogens is 340 g/mol. The van der Waals surface area contributed by atoms with Crippen LogP contribution in [-0.2, 0) is 38.2 Å². The second-order valence-electron chi connectivity index (χ2n) is 4.46. The Morgan fingerprint density at radius 3 is 1.28 bits per heavy atom. The van der Waals surface area contributed by atoms with E-state index in [-0.39, 0.29) is 0 Å². The van der Waals surface area contributed by atoms with Crippen LogP contribution in [0.3, 0.4) is 0 Å². The lowest BCUT2D eigenvalue weighted by Crippen LogP contribution is -2.52. The molecule has 0 spiro atoms. The number of rotatable bonds is 9. The molecule has 0 aliphatic carbocycles. The quantitative estimate of drug-likeness (QED) is 0.165. The van der Waals surface area contributed by atoms with Crippen LogP contribution in [-0.4, -0.2) is 69.8 Å². The van der Waals surface area contributed by atoms with Crippen molar-refractivity contribution in [3.8, 4) is 0 Å². The van der Waals surface area contributed by atoms with Crippen molar-refractivity contribution in [2.45, 2.75) is 39.1 Å². The summed E-state index contributed by atoms with van der Waals surface area (Å²) in [5.41, 5.74) is 13.3. The molecule has 12 nitrogen and oxygen atoms in total. The van der Waals surface area contributed by atoms with Crippen molar-refractivity contribution in [1.82, 2.24) is 0 Å². The van der Waals surface area contributed by atoms with Crippen molar-refractivity contribution in [2.75, 3.05) is 0 Å². The van der Waals surface area contributed by atoms with Crippen LogP contribution < -0.4 is 0 Å². The Bertz CT molecular complexity index is 626. The number of carbonyl (C=O) groups excluding carboxylic acids is 5. The van der Waals surface area contributed by atoms with Gasteiger partial charge in [-0.05, 0) is 0 Å². The number of esters is 3. The van der Waals surface area contributed by atoms with E-state index in [1.165, 1.54) is 0 Å². The van der Waals surface area contributed by atoms with Gasteiger partial charge < -0.3 is 14.2 Å². The molecule has 0 aliphatic rings. The fourth-order valence-electron chi connectivity index (χ4n) is 1.68. The number of Topliss-reactive ketones (excluding diaryl/α,β-unsaturated/α-hetero) is 2. The molecule has 0 aromatic carbocycles. The zero-order chi connectivity index (χ0) is 19.6. The molecule has 25 heavy (non-hydrogen) atoms. The zero-order valence-electron chi connectivity index (χ0n) is 13.5. The maximum absolute atomic E-state index is 12.0. The largest absolute Gasteiger partial charge is 0.454 e. The first-order valence-electron chi connectivity index (χ1n) is 6.63. The van der Waals surface area contributed by atoms with Gasteiger partial charge in [0.05, 0.1) is 20.6 Å². The second kappa shape index (κ2) is 10.3. The Morgan fingerprint density at radius 2 is 1.04 bits per heavy atom. The third kappa shape index (κ3) is 7.55. The third-order valence-corrected chi connectivity index (χ3v) is 2.43. The Kier molecular flexibility index (Phi) is 8.88. The van der Waals surface area contributed by atoms with E-state index in [0.717, 1.165) is 20.8 Å². The highest BCUT2D eigenvalue weighted by atomic mass is 16.6. The van der Waals surface area contributed by atoms with Gasteiger partial charge >= 0.3 is 30.3 Å². The van der Waals surface area contributed by atoms with Crippen molar-refractivity contribution < 1.29 is 47.8 Å². The van der Waals surface area contributed by atoms with Gasteiger partial charge in [-0.15, -0.1) is 0 Å². The van der Waals surface area contributed by atoms with Crippen molar-refractivity contribution in [3.05, 3.63) is 0 Å². The predicted molar refractivity (Wildman–Crippen MR) is 74.8 cm³/mol.